The lowest BCUT2D eigenvalue weighted by Gasteiger charge is -2.34. The molecule has 0 aliphatic heterocycles. The number of imide groups is 1. The van der Waals surface area contributed by atoms with Gasteiger partial charge in [-0.3, -0.25) is 10.1 Å². The number of carbonyl (C=O) groups is 2. The van der Waals surface area contributed by atoms with Crippen LogP contribution in [0.2, 0.25) is 0 Å². The van der Waals surface area contributed by atoms with Gasteiger partial charge in [0.05, 0.1) is 17.6 Å². The molecule has 2 aromatic heterocycles. The molecule has 3 rings (SSSR count). The van der Waals surface area contributed by atoms with E-state index in [9.17, 15) is 9.59 Å². The molecule has 152 valence electrons. The molecule has 0 aromatic carbocycles. The summed E-state index contributed by atoms with van der Waals surface area (Å²) in [5, 5.41) is 13.7. The molecule has 9 nitrogen and oxygen atoms in total. The monoisotopic (exact) mass is 406 g/mol. The third-order valence-electron chi connectivity index (χ3n) is 5.37. The van der Waals surface area contributed by atoms with E-state index in [0.717, 1.165) is 30.2 Å². The number of rotatable bonds is 5. The van der Waals surface area contributed by atoms with Crippen LogP contribution in [-0.4, -0.2) is 38.6 Å². The van der Waals surface area contributed by atoms with Crippen LogP contribution in [0, 0.1) is 18.8 Å². The molecule has 4 N–H and O–H groups in total. The standard InChI is InChI=1S/C18H26N6O3S/c1-10-5-4-6-14(11(10)2)20-17(26)21-15(25)9-28-18-23-22-16(24(18)19)13-7-8-27-12(13)3/h7-8,10-11,14H,4-6,9,19H2,1-3H3,(H2,20,21,25,26). The fourth-order valence-electron chi connectivity index (χ4n) is 3.46. The van der Waals surface area contributed by atoms with Crippen molar-refractivity contribution in [1.82, 2.24) is 25.5 Å². The Hall–Kier alpha value is -2.49. The zero-order valence-corrected chi connectivity index (χ0v) is 17.1. The van der Waals surface area contributed by atoms with E-state index < -0.39 is 11.9 Å². The highest BCUT2D eigenvalue weighted by Gasteiger charge is 2.28. The van der Waals surface area contributed by atoms with Gasteiger partial charge >= 0.3 is 6.03 Å². The summed E-state index contributed by atoms with van der Waals surface area (Å²) in [4.78, 5) is 24.2. The minimum absolute atomic E-state index is 0.00372. The number of furan rings is 1. The molecular formula is C18H26N6O3S. The topological polar surface area (TPSA) is 128 Å². The quantitative estimate of drug-likeness (QED) is 0.513. The average molecular weight is 407 g/mol. The summed E-state index contributed by atoms with van der Waals surface area (Å²) in [6, 6.07) is 1.39. The fourth-order valence-corrected chi connectivity index (χ4v) is 4.12. The highest BCUT2D eigenvalue weighted by molar-refractivity contribution is 7.99. The Labute approximate surface area is 167 Å². The maximum atomic E-state index is 12.1. The molecule has 2 aromatic rings. The molecular weight excluding hydrogens is 380 g/mol. The van der Waals surface area contributed by atoms with Gasteiger partial charge < -0.3 is 15.6 Å². The third kappa shape index (κ3) is 4.49. The Balaban J connectivity index is 1.50. The first-order valence-corrected chi connectivity index (χ1v) is 10.3. The zero-order valence-electron chi connectivity index (χ0n) is 16.3. The number of nitrogens with two attached hydrogens (primary N) is 1. The number of amides is 3. The molecule has 28 heavy (non-hydrogen) atoms. The SMILES string of the molecule is Cc1occc1-c1nnc(SCC(=O)NC(=O)NC2CCCC(C)C2C)n1N. The van der Waals surface area contributed by atoms with E-state index in [2.05, 4.69) is 34.7 Å². The van der Waals surface area contributed by atoms with Gasteiger partial charge in [-0.25, -0.2) is 9.47 Å². The van der Waals surface area contributed by atoms with Crippen molar-refractivity contribution in [3.63, 3.8) is 0 Å². The Morgan fingerprint density at radius 1 is 1.36 bits per heavy atom. The van der Waals surface area contributed by atoms with Gasteiger partial charge in [-0.05, 0) is 31.2 Å². The highest BCUT2D eigenvalue weighted by Crippen LogP contribution is 2.29. The Morgan fingerprint density at radius 2 is 2.14 bits per heavy atom. The number of thioether (sulfide) groups is 1. The average Bonchev–Trinajstić information content (AvgIpc) is 3.22. The molecule has 2 heterocycles. The van der Waals surface area contributed by atoms with Crippen LogP contribution < -0.4 is 16.5 Å². The molecule has 3 atom stereocenters. The van der Waals surface area contributed by atoms with E-state index in [1.165, 1.54) is 11.1 Å². The molecule has 0 spiro atoms. The number of aryl methyl sites for hydroxylation is 1. The molecule has 0 saturated heterocycles. The number of nitrogen functional groups attached to an aromatic ring is 1. The van der Waals surface area contributed by atoms with Crippen molar-refractivity contribution in [2.75, 3.05) is 11.6 Å². The Morgan fingerprint density at radius 3 is 2.86 bits per heavy atom. The van der Waals surface area contributed by atoms with Crippen LogP contribution in [-0.2, 0) is 4.79 Å². The highest BCUT2D eigenvalue weighted by atomic mass is 32.2. The first-order chi connectivity index (χ1) is 13.4. The van der Waals surface area contributed by atoms with Crippen LogP contribution in [0.15, 0.2) is 21.9 Å². The maximum Gasteiger partial charge on any atom is 0.321 e. The summed E-state index contributed by atoms with van der Waals surface area (Å²) in [5.74, 6) is 7.70. The number of hydrogen-bond donors (Lipinski definition) is 3. The van der Waals surface area contributed by atoms with Crippen LogP contribution in [0.3, 0.4) is 0 Å². The van der Waals surface area contributed by atoms with E-state index in [1.807, 2.05) is 0 Å². The summed E-state index contributed by atoms with van der Waals surface area (Å²) in [7, 11) is 0. The van der Waals surface area contributed by atoms with E-state index in [4.69, 9.17) is 10.3 Å². The van der Waals surface area contributed by atoms with Crippen molar-refractivity contribution in [2.24, 2.45) is 11.8 Å². The van der Waals surface area contributed by atoms with E-state index in [1.54, 1.807) is 19.3 Å². The summed E-state index contributed by atoms with van der Waals surface area (Å²) in [5.41, 5.74) is 0.738. The first kappa shape index (κ1) is 20.2. The van der Waals surface area contributed by atoms with Crippen molar-refractivity contribution in [3.8, 4) is 11.4 Å². The molecule has 1 fully saturated rings. The van der Waals surface area contributed by atoms with Crippen LogP contribution in [0.4, 0.5) is 4.79 Å². The van der Waals surface area contributed by atoms with Crippen molar-refractivity contribution in [1.29, 1.82) is 0 Å². The van der Waals surface area contributed by atoms with Crippen molar-refractivity contribution in [3.05, 3.63) is 18.1 Å². The lowest BCUT2D eigenvalue weighted by atomic mass is 9.78. The number of aromatic nitrogens is 3. The number of nitrogens with one attached hydrogen (secondary N) is 2. The number of hydrogen-bond acceptors (Lipinski definition) is 7. The van der Waals surface area contributed by atoms with Crippen LogP contribution in [0.25, 0.3) is 11.4 Å². The van der Waals surface area contributed by atoms with Gasteiger partial charge in [-0.2, -0.15) is 0 Å². The Bertz CT molecular complexity index is 848. The fraction of sp³-hybridized carbons (Fsp3) is 0.556. The summed E-state index contributed by atoms with van der Waals surface area (Å²) < 4.78 is 6.56. The predicted octanol–water partition coefficient (Wildman–Crippen LogP) is 2.30. The van der Waals surface area contributed by atoms with Crippen molar-refractivity contribution < 1.29 is 14.0 Å². The first-order valence-electron chi connectivity index (χ1n) is 9.35. The normalized spacial score (nSPS) is 22.0. The molecule has 3 amide bonds. The van der Waals surface area contributed by atoms with E-state index in [0.29, 0.717) is 28.6 Å². The molecule has 0 radical (unpaired) electrons. The van der Waals surface area contributed by atoms with Crippen LogP contribution in [0.5, 0.6) is 0 Å². The third-order valence-corrected chi connectivity index (χ3v) is 6.32. The van der Waals surface area contributed by atoms with Gasteiger partial charge in [0.25, 0.3) is 0 Å². The molecule has 1 aliphatic carbocycles. The maximum absolute atomic E-state index is 12.1. The molecule has 0 bridgehead atoms. The second-order valence-corrected chi connectivity index (χ2v) is 8.19. The van der Waals surface area contributed by atoms with Gasteiger partial charge in [-0.1, -0.05) is 38.5 Å². The largest absolute Gasteiger partial charge is 0.469 e. The smallest absolute Gasteiger partial charge is 0.321 e. The van der Waals surface area contributed by atoms with Gasteiger partial charge in [0.15, 0.2) is 5.82 Å². The number of carbonyl (C=O) groups excluding carboxylic acids is 2. The second-order valence-electron chi connectivity index (χ2n) is 7.25. The van der Waals surface area contributed by atoms with Crippen LogP contribution >= 0.6 is 11.8 Å². The Kier molecular flexibility index (Phi) is 6.28. The minimum atomic E-state index is -0.458. The molecule has 1 saturated carbocycles. The predicted molar refractivity (Wildman–Crippen MR) is 106 cm³/mol. The lowest BCUT2D eigenvalue weighted by molar-refractivity contribution is -0.117. The van der Waals surface area contributed by atoms with Crippen molar-refractivity contribution in [2.45, 2.75) is 51.2 Å². The van der Waals surface area contributed by atoms with Gasteiger partial charge in [0, 0.05) is 6.04 Å². The van der Waals surface area contributed by atoms with Gasteiger partial charge in [0.2, 0.25) is 11.1 Å². The van der Waals surface area contributed by atoms with E-state index in [-0.39, 0.29) is 11.8 Å². The summed E-state index contributed by atoms with van der Waals surface area (Å²) in [6.45, 7) is 6.14. The zero-order chi connectivity index (χ0) is 20.3. The molecule has 10 heteroatoms. The molecule has 3 unspecified atom stereocenters. The van der Waals surface area contributed by atoms with Crippen LogP contribution in [0.1, 0.15) is 38.9 Å². The second kappa shape index (κ2) is 8.68. The number of urea groups is 1. The minimum Gasteiger partial charge on any atom is -0.469 e. The van der Waals surface area contributed by atoms with Gasteiger partial charge in [-0.15, -0.1) is 10.2 Å². The summed E-state index contributed by atoms with van der Waals surface area (Å²) in [6.07, 6.45) is 4.75. The lowest BCUT2D eigenvalue weighted by Crippen LogP contribution is -2.49. The number of nitrogens with zero attached hydrogens (tertiary/aromatic N) is 3. The van der Waals surface area contributed by atoms with Crippen molar-refractivity contribution >= 4 is 23.7 Å². The summed E-state index contributed by atoms with van der Waals surface area (Å²) >= 11 is 1.11. The van der Waals surface area contributed by atoms with Gasteiger partial charge in [0.1, 0.15) is 5.76 Å². The molecule has 1 aliphatic rings. The van der Waals surface area contributed by atoms with E-state index >= 15 is 0 Å².